The Hall–Kier alpha value is -2.15. The van der Waals surface area contributed by atoms with Gasteiger partial charge >= 0.3 is 0 Å². The van der Waals surface area contributed by atoms with E-state index in [1.54, 1.807) is 30.3 Å². The van der Waals surface area contributed by atoms with Gasteiger partial charge < -0.3 is 9.73 Å². The lowest BCUT2D eigenvalue weighted by atomic mass is 10.0. The van der Waals surface area contributed by atoms with Gasteiger partial charge in [0.15, 0.2) is 0 Å². The normalized spacial score (nSPS) is 13.3. The van der Waals surface area contributed by atoms with E-state index in [2.05, 4.69) is 23.9 Å². The molecule has 26 heavy (non-hydrogen) atoms. The van der Waals surface area contributed by atoms with Crippen molar-refractivity contribution in [3.05, 3.63) is 66.4 Å². The molecule has 0 spiro atoms. The SMILES string of the molecule is CC(C)[C@H](NCCNS(=O)(=O)c1ccccc1)c1cc2ccccc2o1. The van der Waals surface area contributed by atoms with Crippen LogP contribution >= 0.6 is 0 Å². The van der Waals surface area contributed by atoms with E-state index in [1.807, 2.05) is 30.3 Å². The van der Waals surface area contributed by atoms with Crippen LogP contribution in [-0.2, 0) is 10.0 Å². The second-order valence-corrected chi connectivity index (χ2v) is 8.34. The highest BCUT2D eigenvalue weighted by Crippen LogP contribution is 2.28. The summed E-state index contributed by atoms with van der Waals surface area (Å²) in [6.07, 6.45) is 0. The minimum Gasteiger partial charge on any atom is -0.459 e. The number of para-hydroxylation sites is 1. The number of furan rings is 1. The van der Waals surface area contributed by atoms with Gasteiger partial charge in [-0.3, -0.25) is 0 Å². The molecule has 0 aliphatic heterocycles. The first-order valence-corrected chi connectivity index (χ1v) is 10.2. The third-order valence-corrected chi connectivity index (χ3v) is 5.73. The van der Waals surface area contributed by atoms with Gasteiger partial charge in [0, 0.05) is 18.5 Å². The minimum atomic E-state index is -3.48. The van der Waals surface area contributed by atoms with Crippen LogP contribution in [0.3, 0.4) is 0 Å². The number of hydrogen-bond donors (Lipinski definition) is 2. The standard InChI is InChI=1S/C20H24N2O3S/c1-15(2)20(19-14-16-8-6-7-11-18(16)25-19)21-12-13-22-26(23,24)17-9-4-3-5-10-17/h3-11,14-15,20-22H,12-13H2,1-2H3/t20-/m0/s1. The molecule has 3 rings (SSSR count). The van der Waals surface area contributed by atoms with E-state index < -0.39 is 10.0 Å². The molecular formula is C20H24N2O3S. The summed E-state index contributed by atoms with van der Waals surface area (Å²) in [6.45, 7) is 5.03. The lowest BCUT2D eigenvalue weighted by molar-refractivity contribution is 0.353. The zero-order valence-corrected chi connectivity index (χ0v) is 15.8. The van der Waals surface area contributed by atoms with Gasteiger partial charge in [-0.15, -0.1) is 0 Å². The largest absolute Gasteiger partial charge is 0.459 e. The third-order valence-electron chi connectivity index (χ3n) is 4.25. The topological polar surface area (TPSA) is 71.3 Å². The fourth-order valence-electron chi connectivity index (χ4n) is 2.92. The third kappa shape index (κ3) is 4.33. The van der Waals surface area contributed by atoms with Crippen LogP contribution in [0.2, 0.25) is 0 Å². The lowest BCUT2D eigenvalue weighted by Crippen LogP contribution is -2.35. The number of rotatable bonds is 8. The Morgan fingerprint density at radius 2 is 1.65 bits per heavy atom. The second kappa shape index (κ2) is 8.03. The summed E-state index contributed by atoms with van der Waals surface area (Å²) >= 11 is 0. The van der Waals surface area contributed by atoms with Gasteiger partial charge in [-0.05, 0) is 30.2 Å². The molecule has 138 valence electrons. The molecule has 0 saturated carbocycles. The first kappa shape index (κ1) is 18.6. The Bertz CT molecular complexity index is 916. The highest BCUT2D eigenvalue weighted by atomic mass is 32.2. The molecule has 3 aromatic rings. The molecule has 0 bridgehead atoms. The van der Waals surface area contributed by atoms with Crippen LogP contribution < -0.4 is 10.0 Å². The van der Waals surface area contributed by atoms with Crippen LogP contribution in [0.15, 0.2) is 70.0 Å². The fraction of sp³-hybridized carbons (Fsp3) is 0.300. The summed E-state index contributed by atoms with van der Waals surface area (Å²) in [5, 5.41) is 4.47. The van der Waals surface area contributed by atoms with E-state index in [1.165, 1.54) is 0 Å². The number of nitrogens with one attached hydrogen (secondary N) is 2. The van der Waals surface area contributed by atoms with Crippen molar-refractivity contribution in [2.24, 2.45) is 5.92 Å². The van der Waals surface area contributed by atoms with Crippen molar-refractivity contribution in [1.29, 1.82) is 0 Å². The minimum absolute atomic E-state index is 0.0172. The van der Waals surface area contributed by atoms with Crippen LogP contribution in [0.1, 0.15) is 25.6 Å². The highest BCUT2D eigenvalue weighted by molar-refractivity contribution is 7.89. The van der Waals surface area contributed by atoms with Gasteiger partial charge in [0.2, 0.25) is 10.0 Å². The molecular weight excluding hydrogens is 348 g/mol. The lowest BCUT2D eigenvalue weighted by Gasteiger charge is -2.20. The zero-order valence-electron chi connectivity index (χ0n) is 15.0. The molecule has 2 N–H and O–H groups in total. The van der Waals surface area contributed by atoms with E-state index in [0.29, 0.717) is 19.0 Å². The smallest absolute Gasteiger partial charge is 0.240 e. The van der Waals surface area contributed by atoms with Crippen molar-refractivity contribution < 1.29 is 12.8 Å². The molecule has 0 fully saturated rings. The molecule has 1 heterocycles. The van der Waals surface area contributed by atoms with Gasteiger partial charge in [-0.25, -0.2) is 13.1 Å². The number of hydrogen-bond acceptors (Lipinski definition) is 4. The maximum atomic E-state index is 12.2. The predicted molar refractivity (Wildman–Crippen MR) is 103 cm³/mol. The maximum Gasteiger partial charge on any atom is 0.240 e. The van der Waals surface area contributed by atoms with Gasteiger partial charge in [-0.1, -0.05) is 50.2 Å². The van der Waals surface area contributed by atoms with Gasteiger partial charge in [0.05, 0.1) is 10.9 Å². The van der Waals surface area contributed by atoms with Crippen LogP contribution in [0, 0.1) is 5.92 Å². The average molecular weight is 372 g/mol. The fourth-order valence-corrected chi connectivity index (χ4v) is 3.97. The molecule has 1 atom stereocenters. The summed E-state index contributed by atoms with van der Waals surface area (Å²) in [5.41, 5.74) is 0.861. The summed E-state index contributed by atoms with van der Waals surface area (Å²) in [5.74, 6) is 1.17. The van der Waals surface area contributed by atoms with E-state index in [4.69, 9.17) is 4.42 Å². The molecule has 6 heteroatoms. The summed E-state index contributed by atoms with van der Waals surface area (Å²) in [6, 6.07) is 18.3. The van der Waals surface area contributed by atoms with Crippen molar-refractivity contribution in [3.63, 3.8) is 0 Å². The zero-order chi connectivity index (χ0) is 18.6. The molecule has 1 aromatic heterocycles. The molecule has 5 nitrogen and oxygen atoms in total. The number of fused-ring (bicyclic) bond motifs is 1. The molecule has 0 aliphatic carbocycles. The van der Waals surface area contributed by atoms with Gasteiger partial charge in [0.25, 0.3) is 0 Å². The highest BCUT2D eigenvalue weighted by Gasteiger charge is 2.20. The van der Waals surface area contributed by atoms with Crippen LogP contribution in [0.25, 0.3) is 11.0 Å². The van der Waals surface area contributed by atoms with Gasteiger partial charge in [0.1, 0.15) is 11.3 Å². The molecule has 0 amide bonds. The van der Waals surface area contributed by atoms with Crippen molar-refractivity contribution in [2.75, 3.05) is 13.1 Å². The monoisotopic (exact) mass is 372 g/mol. The molecule has 2 aromatic carbocycles. The molecule has 0 aliphatic rings. The first-order chi connectivity index (χ1) is 12.5. The Balaban J connectivity index is 1.61. The second-order valence-electron chi connectivity index (χ2n) is 6.57. The first-order valence-electron chi connectivity index (χ1n) is 8.74. The van der Waals surface area contributed by atoms with Crippen molar-refractivity contribution in [3.8, 4) is 0 Å². The van der Waals surface area contributed by atoms with Crippen LogP contribution in [0.4, 0.5) is 0 Å². The summed E-state index contributed by atoms with van der Waals surface area (Å²) in [4.78, 5) is 0.276. The Morgan fingerprint density at radius 3 is 2.35 bits per heavy atom. The van der Waals surface area contributed by atoms with E-state index in [-0.39, 0.29) is 10.9 Å². The molecule has 0 radical (unpaired) electrons. The maximum absolute atomic E-state index is 12.2. The van der Waals surface area contributed by atoms with E-state index in [9.17, 15) is 8.42 Å². The number of sulfonamides is 1. The number of benzene rings is 2. The van der Waals surface area contributed by atoms with Crippen LogP contribution in [-0.4, -0.2) is 21.5 Å². The van der Waals surface area contributed by atoms with E-state index in [0.717, 1.165) is 16.7 Å². The Labute approximate surface area is 154 Å². The van der Waals surface area contributed by atoms with E-state index >= 15 is 0 Å². The summed E-state index contributed by atoms with van der Waals surface area (Å²) < 4.78 is 33.1. The predicted octanol–water partition coefficient (Wildman–Crippen LogP) is 3.70. The Morgan fingerprint density at radius 1 is 0.962 bits per heavy atom. The molecule has 0 saturated heterocycles. The van der Waals surface area contributed by atoms with Crippen molar-refractivity contribution in [1.82, 2.24) is 10.0 Å². The van der Waals surface area contributed by atoms with Crippen molar-refractivity contribution in [2.45, 2.75) is 24.8 Å². The van der Waals surface area contributed by atoms with Crippen molar-refractivity contribution >= 4 is 21.0 Å². The average Bonchev–Trinajstić information content (AvgIpc) is 3.05. The van der Waals surface area contributed by atoms with Crippen LogP contribution in [0.5, 0.6) is 0 Å². The quantitative estimate of drug-likeness (QED) is 0.592. The molecule has 0 unspecified atom stereocenters. The summed E-state index contributed by atoms with van der Waals surface area (Å²) in [7, 11) is -3.48. The van der Waals surface area contributed by atoms with Gasteiger partial charge in [-0.2, -0.15) is 0 Å². The Kier molecular flexibility index (Phi) is 5.76.